The Kier molecular flexibility index (Phi) is 4.56. The van der Waals surface area contributed by atoms with Crippen LogP contribution < -0.4 is 5.32 Å². The highest BCUT2D eigenvalue weighted by molar-refractivity contribution is 7.09. The van der Waals surface area contributed by atoms with Gasteiger partial charge < -0.3 is 5.32 Å². The first-order valence-electron chi connectivity index (χ1n) is 8.01. The Balaban J connectivity index is 2.01. The summed E-state index contributed by atoms with van der Waals surface area (Å²) in [5.41, 5.74) is 3.92. The molecule has 3 rings (SSSR count). The summed E-state index contributed by atoms with van der Waals surface area (Å²) in [6, 6.07) is 0. The molecule has 0 aromatic carbocycles. The summed E-state index contributed by atoms with van der Waals surface area (Å²) >= 11 is 1.66. The topological polar surface area (TPSA) is 68.5 Å². The number of nitrogens with zero attached hydrogens (tertiary/aromatic N) is 5. The second-order valence-electron chi connectivity index (χ2n) is 5.55. The molecule has 3 aromatic heterocycles. The maximum absolute atomic E-state index is 4.73. The minimum absolute atomic E-state index is 0.663. The molecule has 3 aromatic rings. The van der Waals surface area contributed by atoms with Gasteiger partial charge in [-0.25, -0.2) is 15.0 Å². The molecule has 0 saturated carbocycles. The molecule has 0 aliphatic heterocycles. The number of aryl methyl sites for hydroxylation is 4. The van der Waals surface area contributed by atoms with E-state index in [1.807, 2.05) is 18.5 Å². The van der Waals surface area contributed by atoms with Crippen LogP contribution in [0.3, 0.4) is 0 Å². The summed E-state index contributed by atoms with van der Waals surface area (Å²) in [4.78, 5) is 13.9. The minimum Gasteiger partial charge on any atom is -0.362 e. The lowest BCUT2D eigenvalue weighted by Crippen LogP contribution is -2.08. The lowest BCUT2D eigenvalue weighted by atomic mass is 10.3. The number of hydrogen-bond acceptors (Lipinski definition) is 6. The van der Waals surface area contributed by atoms with Gasteiger partial charge >= 0.3 is 0 Å². The van der Waals surface area contributed by atoms with Crippen molar-refractivity contribution in [2.24, 2.45) is 0 Å². The van der Waals surface area contributed by atoms with Gasteiger partial charge in [0.25, 0.3) is 0 Å². The van der Waals surface area contributed by atoms with E-state index >= 15 is 0 Å². The quantitative estimate of drug-likeness (QED) is 0.749. The Morgan fingerprint density at radius 1 is 1.17 bits per heavy atom. The molecule has 6 nitrogen and oxygen atoms in total. The van der Waals surface area contributed by atoms with Crippen LogP contribution in [0, 0.1) is 13.8 Å². The molecule has 0 radical (unpaired) electrons. The van der Waals surface area contributed by atoms with Crippen molar-refractivity contribution in [3.8, 4) is 0 Å². The number of anilines is 1. The number of hydrogen-bond donors (Lipinski definition) is 1. The van der Waals surface area contributed by atoms with Crippen LogP contribution >= 0.6 is 11.3 Å². The zero-order valence-corrected chi connectivity index (χ0v) is 14.9. The van der Waals surface area contributed by atoms with Crippen LogP contribution in [0.2, 0.25) is 0 Å². The Hall–Kier alpha value is -2.02. The van der Waals surface area contributed by atoms with Crippen LogP contribution in [0.1, 0.15) is 42.5 Å². The fourth-order valence-corrected chi connectivity index (χ4v) is 3.24. The van der Waals surface area contributed by atoms with E-state index in [0.29, 0.717) is 6.54 Å². The van der Waals surface area contributed by atoms with Crippen molar-refractivity contribution >= 4 is 28.2 Å². The Morgan fingerprint density at radius 2 is 2.00 bits per heavy atom. The average Bonchev–Trinajstić information content (AvgIpc) is 3.09. The molecule has 23 heavy (non-hydrogen) atoms. The summed E-state index contributed by atoms with van der Waals surface area (Å²) in [5, 5.41) is 11.2. The van der Waals surface area contributed by atoms with Crippen molar-refractivity contribution in [1.82, 2.24) is 24.7 Å². The summed E-state index contributed by atoms with van der Waals surface area (Å²) < 4.78 is 1.97. The molecule has 0 saturated heterocycles. The van der Waals surface area contributed by atoms with Gasteiger partial charge in [-0.05, 0) is 27.2 Å². The molecular weight excluding hydrogens is 308 g/mol. The van der Waals surface area contributed by atoms with E-state index < -0.39 is 0 Å². The maximum Gasteiger partial charge on any atom is 0.156 e. The molecule has 0 aliphatic carbocycles. The monoisotopic (exact) mass is 330 g/mol. The second kappa shape index (κ2) is 6.62. The van der Waals surface area contributed by atoms with Crippen molar-refractivity contribution in [2.45, 2.75) is 53.6 Å². The highest BCUT2D eigenvalue weighted by Crippen LogP contribution is 2.24. The third kappa shape index (κ3) is 3.19. The molecule has 0 amide bonds. The van der Waals surface area contributed by atoms with E-state index in [0.717, 1.165) is 58.5 Å². The van der Waals surface area contributed by atoms with Gasteiger partial charge in [0.2, 0.25) is 0 Å². The van der Waals surface area contributed by atoms with Gasteiger partial charge in [-0.1, -0.05) is 6.92 Å². The van der Waals surface area contributed by atoms with Crippen LogP contribution in [0.5, 0.6) is 0 Å². The van der Waals surface area contributed by atoms with Crippen LogP contribution in [0.15, 0.2) is 5.38 Å². The molecular formula is C16H22N6S. The Bertz CT molecular complexity index is 819. The van der Waals surface area contributed by atoms with Crippen molar-refractivity contribution < 1.29 is 0 Å². The summed E-state index contributed by atoms with van der Waals surface area (Å²) in [7, 11) is 0. The van der Waals surface area contributed by atoms with Crippen molar-refractivity contribution in [2.75, 3.05) is 5.32 Å². The van der Waals surface area contributed by atoms with Crippen LogP contribution in [0.25, 0.3) is 11.0 Å². The van der Waals surface area contributed by atoms with Crippen molar-refractivity contribution in [3.63, 3.8) is 0 Å². The van der Waals surface area contributed by atoms with Crippen molar-refractivity contribution in [1.29, 1.82) is 0 Å². The number of nitrogens with one attached hydrogen (secondary N) is 1. The van der Waals surface area contributed by atoms with Crippen molar-refractivity contribution in [3.05, 3.63) is 27.6 Å². The molecule has 3 heterocycles. The summed E-state index contributed by atoms with van der Waals surface area (Å²) in [6.45, 7) is 9.71. The molecule has 0 atom stereocenters. The zero-order valence-electron chi connectivity index (χ0n) is 14.1. The predicted molar refractivity (Wildman–Crippen MR) is 93.9 cm³/mol. The van der Waals surface area contributed by atoms with Crippen LogP contribution in [-0.2, 0) is 19.5 Å². The zero-order chi connectivity index (χ0) is 16.4. The summed E-state index contributed by atoms with van der Waals surface area (Å²) in [5.74, 6) is 1.72. The smallest absolute Gasteiger partial charge is 0.156 e. The number of rotatable bonds is 6. The fourth-order valence-electron chi connectivity index (χ4n) is 2.63. The molecule has 0 aliphatic rings. The van der Waals surface area contributed by atoms with Crippen LogP contribution in [0.4, 0.5) is 5.82 Å². The van der Waals surface area contributed by atoms with Gasteiger partial charge in [0.15, 0.2) is 5.82 Å². The third-order valence-corrected chi connectivity index (χ3v) is 4.50. The fraction of sp³-hybridized carbons (Fsp3) is 0.500. The van der Waals surface area contributed by atoms with E-state index in [4.69, 9.17) is 9.97 Å². The Labute approximate surface area is 140 Å². The van der Waals surface area contributed by atoms with Gasteiger partial charge in [-0.2, -0.15) is 5.10 Å². The molecule has 0 fully saturated rings. The number of fused-ring (bicyclic) bond motifs is 1. The molecule has 1 N–H and O–H groups in total. The van der Waals surface area contributed by atoms with E-state index in [2.05, 4.69) is 34.6 Å². The standard InChI is InChI=1S/C16H22N6S/c1-5-7-13-19-14-10(3)21-22(6-2)15(14)16(20-13)17-8-12-9-23-11(4)18-12/h9H,5-8H2,1-4H3,(H,17,19,20). The second-order valence-corrected chi connectivity index (χ2v) is 6.61. The van der Waals surface area contributed by atoms with E-state index in [1.165, 1.54) is 0 Å². The van der Waals surface area contributed by atoms with Crippen LogP contribution in [-0.4, -0.2) is 24.7 Å². The first kappa shape index (κ1) is 15.9. The molecule has 7 heteroatoms. The first-order chi connectivity index (χ1) is 11.1. The normalized spacial score (nSPS) is 11.3. The lowest BCUT2D eigenvalue weighted by Gasteiger charge is -2.09. The Morgan fingerprint density at radius 3 is 2.65 bits per heavy atom. The minimum atomic E-state index is 0.663. The van der Waals surface area contributed by atoms with E-state index in [1.54, 1.807) is 11.3 Å². The van der Waals surface area contributed by atoms with Gasteiger partial charge in [0.05, 0.1) is 22.9 Å². The highest BCUT2D eigenvalue weighted by Gasteiger charge is 2.16. The maximum atomic E-state index is 4.73. The number of thiazole rings is 1. The first-order valence-corrected chi connectivity index (χ1v) is 8.89. The predicted octanol–water partition coefficient (Wildman–Crippen LogP) is 3.48. The van der Waals surface area contributed by atoms with Gasteiger partial charge in [-0.15, -0.1) is 11.3 Å². The van der Waals surface area contributed by atoms with Gasteiger partial charge in [0, 0.05) is 18.3 Å². The van der Waals surface area contributed by atoms with E-state index in [-0.39, 0.29) is 0 Å². The third-order valence-electron chi connectivity index (χ3n) is 3.68. The molecule has 0 bridgehead atoms. The average molecular weight is 330 g/mol. The van der Waals surface area contributed by atoms with Gasteiger partial charge in [0.1, 0.15) is 16.9 Å². The molecule has 0 spiro atoms. The summed E-state index contributed by atoms with van der Waals surface area (Å²) in [6.07, 6.45) is 1.90. The van der Waals surface area contributed by atoms with Gasteiger partial charge in [-0.3, -0.25) is 4.68 Å². The lowest BCUT2D eigenvalue weighted by molar-refractivity contribution is 0.675. The highest BCUT2D eigenvalue weighted by atomic mass is 32.1. The number of aromatic nitrogens is 5. The van der Waals surface area contributed by atoms with E-state index in [9.17, 15) is 0 Å². The molecule has 0 unspecified atom stereocenters. The largest absolute Gasteiger partial charge is 0.362 e. The molecule has 122 valence electrons. The SMILES string of the molecule is CCCc1nc(NCc2csc(C)n2)c2c(n1)c(C)nn2CC.